The summed E-state index contributed by atoms with van der Waals surface area (Å²) < 4.78 is 0. The van der Waals surface area contributed by atoms with Crippen molar-refractivity contribution in [3.8, 4) is 0 Å². The zero-order valence-electron chi connectivity index (χ0n) is 12.6. The Balaban J connectivity index is 2.08. The minimum atomic E-state index is 0.246. The monoisotopic (exact) mass is 293 g/mol. The number of pyridine rings is 1. The van der Waals surface area contributed by atoms with Crippen molar-refractivity contribution < 1.29 is 0 Å². The maximum atomic E-state index is 8.54. The third-order valence-electron chi connectivity index (χ3n) is 3.47. The number of aromatic amines is 1. The van der Waals surface area contributed by atoms with Gasteiger partial charge in [-0.05, 0) is 32.0 Å². The Labute approximate surface area is 129 Å². The normalized spacial score (nSPS) is 11.0. The number of aromatic nitrogens is 2. The van der Waals surface area contributed by atoms with Crippen molar-refractivity contribution in [1.82, 2.24) is 9.97 Å². The molecule has 0 fully saturated rings. The van der Waals surface area contributed by atoms with Crippen molar-refractivity contribution in [2.45, 2.75) is 19.9 Å². The summed E-state index contributed by atoms with van der Waals surface area (Å²) in [7, 11) is 0. The van der Waals surface area contributed by atoms with Crippen LogP contribution in [0.15, 0.2) is 42.6 Å². The number of nitrogens with zero attached hydrogens (tertiary/aromatic N) is 1. The summed E-state index contributed by atoms with van der Waals surface area (Å²) in [6.07, 6.45) is 1.65. The molecular weight excluding hydrogens is 274 g/mol. The summed E-state index contributed by atoms with van der Waals surface area (Å²) in [5, 5.41) is 12.9. The summed E-state index contributed by atoms with van der Waals surface area (Å²) >= 11 is 0. The molecule has 0 aliphatic rings. The number of nitrogens with one attached hydrogen (secondary N) is 3. The molecule has 2 heterocycles. The molecule has 5 N–H and O–H groups in total. The molecule has 0 spiro atoms. The maximum absolute atomic E-state index is 8.54. The largest absolute Gasteiger partial charge is 0.383 e. The summed E-state index contributed by atoms with van der Waals surface area (Å²) in [4.78, 5) is 7.40. The van der Waals surface area contributed by atoms with E-state index >= 15 is 0 Å². The van der Waals surface area contributed by atoms with Crippen LogP contribution >= 0.6 is 0 Å². The number of hydrogen-bond donors (Lipinski definition) is 4. The van der Waals surface area contributed by atoms with Gasteiger partial charge in [0.1, 0.15) is 5.82 Å². The first kappa shape index (κ1) is 14.1. The zero-order chi connectivity index (χ0) is 15.7. The smallest absolute Gasteiger partial charge is 0.134 e. The van der Waals surface area contributed by atoms with Gasteiger partial charge in [-0.25, -0.2) is 4.98 Å². The first-order valence-electron chi connectivity index (χ1n) is 7.24. The lowest BCUT2D eigenvalue weighted by Gasteiger charge is -2.16. The van der Waals surface area contributed by atoms with Crippen LogP contribution in [-0.2, 0) is 0 Å². The molecule has 0 saturated carbocycles. The lowest BCUT2D eigenvalue weighted by atomic mass is 10.1. The van der Waals surface area contributed by atoms with Crippen LogP contribution in [0.3, 0.4) is 0 Å². The molecule has 3 rings (SSSR count). The van der Waals surface area contributed by atoms with Crippen molar-refractivity contribution in [2.75, 3.05) is 11.1 Å². The van der Waals surface area contributed by atoms with Crippen LogP contribution < -0.4 is 11.1 Å². The van der Waals surface area contributed by atoms with E-state index in [1.807, 2.05) is 50.2 Å². The van der Waals surface area contributed by atoms with E-state index in [1.165, 1.54) is 0 Å². The molecule has 0 aliphatic heterocycles. The van der Waals surface area contributed by atoms with Gasteiger partial charge in [0.25, 0.3) is 0 Å². The van der Waals surface area contributed by atoms with Crippen LogP contribution in [-0.4, -0.2) is 21.7 Å². The van der Waals surface area contributed by atoms with Crippen LogP contribution in [0.2, 0.25) is 0 Å². The first-order chi connectivity index (χ1) is 10.6. The Hall–Kier alpha value is -2.82. The van der Waals surface area contributed by atoms with Gasteiger partial charge in [-0.2, -0.15) is 0 Å². The van der Waals surface area contributed by atoms with Gasteiger partial charge in [0.05, 0.1) is 17.0 Å². The molecule has 0 aliphatic carbocycles. The van der Waals surface area contributed by atoms with Gasteiger partial charge in [0.2, 0.25) is 0 Å². The molecule has 3 aromatic rings. The molecule has 5 heteroatoms. The fourth-order valence-corrected chi connectivity index (χ4v) is 2.51. The Bertz CT molecular complexity index is 799. The fraction of sp³-hybridized carbons (Fsp3) is 0.176. The third-order valence-corrected chi connectivity index (χ3v) is 3.47. The topological polar surface area (TPSA) is 90.6 Å². The second-order valence-corrected chi connectivity index (χ2v) is 5.56. The number of anilines is 2. The summed E-state index contributed by atoms with van der Waals surface area (Å²) in [6.45, 7) is 4.10. The van der Waals surface area contributed by atoms with Crippen molar-refractivity contribution in [3.63, 3.8) is 0 Å². The van der Waals surface area contributed by atoms with Crippen LogP contribution in [0.5, 0.6) is 0 Å². The van der Waals surface area contributed by atoms with E-state index in [0.717, 1.165) is 22.3 Å². The standard InChI is InChI=1S/C17H19N5/c1-10(2)21-13-7-8-20-17(19)15(13)16(18)14-9-11-5-3-4-6-12(11)22-14/h3-10,18,22H,1-2H3,(H3,19,20,21). The Morgan fingerprint density at radius 2 is 2.05 bits per heavy atom. The minimum absolute atomic E-state index is 0.246. The number of nitrogen functional groups attached to an aromatic ring is 1. The SMILES string of the molecule is CC(C)Nc1ccnc(N)c1C(=N)c1cc2ccccc2[nH]1. The Kier molecular flexibility index (Phi) is 3.55. The highest BCUT2D eigenvalue weighted by atomic mass is 14.9. The molecule has 112 valence electrons. The van der Waals surface area contributed by atoms with Crippen LogP contribution in [0.1, 0.15) is 25.1 Å². The van der Waals surface area contributed by atoms with E-state index in [9.17, 15) is 0 Å². The van der Waals surface area contributed by atoms with Crippen LogP contribution in [0.25, 0.3) is 10.9 Å². The van der Waals surface area contributed by atoms with E-state index in [0.29, 0.717) is 17.1 Å². The molecule has 0 unspecified atom stereocenters. The number of para-hydroxylation sites is 1. The Morgan fingerprint density at radius 1 is 1.27 bits per heavy atom. The lowest BCUT2D eigenvalue weighted by Crippen LogP contribution is -2.16. The summed E-state index contributed by atoms with van der Waals surface area (Å²) in [5.41, 5.74) is 9.55. The van der Waals surface area contributed by atoms with E-state index in [4.69, 9.17) is 11.1 Å². The summed E-state index contributed by atoms with van der Waals surface area (Å²) in [5.74, 6) is 0.356. The predicted molar refractivity (Wildman–Crippen MR) is 91.6 cm³/mol. The van der Waals surface area contributed by atoms with Gasteiger partial charge in [0.15, 0.2) is 0 Å². The van der Waals surface area contributed by atoms with Gasteiger partial charge < -0.3 is 16.0 Å². The van der Waals surface area contributed by atoms with E-state index < -0.39 is 0 Å². The molecule has 22 heavy (non-hydrogen) atoms. The number of benzene rings is 1. The molecule has 0 bridgehead atoms. The molecular formula is C17H19N5. The molecule has 0 amide bonds. The van der Waals surface area contributed by atoms with E-state index in [1.54, 1.807) is 6.20 Å². The lowest BCUT2D eigenvalue weighted by molar-refractivity contribution is 0.898. The highest BCUT2D eigenvalue weighted by Gasteiger charge is 2.16. The predicted octanol–water partition coefficient (Wildman–Crippen LogP) is 3.38. The maximum Gasteiger partial charge on any atom is 0.134 e. The zero-order valence-corrected chi connectivity index (χ0v) is 12.6. The Morgan fingerprint density at radius 3 is 2.77 bits per heavy atom. The second-order valence-electron chi connectivity index (χ2n) is 5.56. The first-order valence-corrected chi connectivity index (χ1v) is 7.24. The third kappa shape index (κ3) is 2.53. The highest BCUT2D eigenvalue weighted by Crippen LogP contribution is 2.25. The minimum Gasteiger partial charge on any atom is -0.383 e. The van der Waals surface area contributed by atoms with Crippen molar-refractivity contribution in [3.05, 3.63) is 53.9 Å². The average Bonchev–Trinajstić information content (AvgIpc) is 2.90. The number of H-pyrrole nitrogens is 1. The van der Waals surface area contributed by atoms with Crippen molar-refractivity contribution in [1.29, 1.82) is 5.41 Å². The number of rotatable bonds is 4. The number of nitrogens with two attached hydrogens (primary N) is 1. The van der Waals surface area contributed by atoms with Gasteiger partial charge in [-0.1, -0.05) is 18.2 Å². The van der Waals surface area contributed by atoms with Crippen molar-refractivity contribution in [2.24, 2.45) is 0 Å². The van der Waals surface area contributed by atoms with E-state index in [-0.39, 0.29) is 6.04 Å². The van der Waals surface area contributed by atoms with E-state index in [2.05, 4.69) is 15.3 Å². The van der Waals surface area contributed by atoms with Crippen LogP contribution in [0, 0.1) is 5.41 Å². The molecule has 0 atom stereocenters. The number of hydrogen-bond acceptors (Lipinski definition) is 4. The molecule has 0 radical (unpaired) electrons. The molecule has 2 aromatic heterocycles. The summed E-state index contributed by atoms with van der Waals surface area (Å²) in [6, 6.07) is 12.0. The quantitative estimate of drug-likeness (QED) is 0.556. The van der Waals surface area contributed by atoms with Gasteiger partial charge >= 0.3 is 0 Å². The fourth-order valence-electron chi connectivity index (χ4n) is 2.51. The van der Waals surface area contributed by atoms with Crippen LogP contribution in [0.4, 0.5) is 11.5 Å². The van der Waals surface area contributed by atoms with Crippen molar-refractivity contribution >= 4 is 28.1 Å². The molecule has 0 saturated heterocycles. The second kappa shape index (κ2) is 5.52. The molecule has 1 aromatic carbocycles. The van der Waals surface area contributed by atoms with Gasteiger partial charge in [0, 0.05) is 28.8 Å². The highest BCUT2D eigenvalue weighted by molar-refractivity contribution is 6.17. The van der Waals surface area contributed by atoms with Gasteiger partial charge in [-0.3, -0.25) is 5.41 Å². The molecule has 5 nitrogen and oxygen atoms in total. The van der Waals surface area contributed by atoms with Gasteiger partial charge in [-0.15, -0.1) is 0 Å². The average molecular weight is 293 g/mol. The number of fused-ring (bicyclic) bond motifs is 1.